The van der Waals surface area contributed by atoms with Crippen molar-refractivity contribution in [3.63, 3.8) is 0 Å². The number of amides is 1. The van der Waals surface area contributed by atoms with Gasteiger partial charge in [-0.1, -0.05) is 18.2 Å². The minimum Gasteiger partial charge on any atom is -0.452 e. The maximum atomic E-state index is 12.4. The maximum Gasteiger partial charge on any atom is 0.446 e. The zero-order chi connectivity index (χ0) is 22.6. The van der Waals surface area contributed by atoms with E-state index in [2.05, 4.69) is 10.4 Å². The van der Waals surface area contributed by atoms with Crippen LogP contribution >= 0.6 is 11.8 Å². The van der Waals surface area contributed by atoms with E-state index in [-0.39, 0.29) is 22.2 Å². The minimum absolute atomic E-state index is 0.0450. The van der Waals surface area contributed by atoms with Crippen molar-refractivity contribution in [3.05, 3.63) is 71.5 Å². The Hall–Kier alpha value is -3.27. The van der Waals surface area contributed by atoms with Crippen LogP contribution in [0.5, 0.6) is 0 Å². The van der Waals surface area contributed by atoms with Crippen LogP contribution in [0.1, 0.15) is 21.7 Å². The zero-order valence-corrected chi connectivity index (χ0v) is 17.4. The van der Waals surface area contributed by atoms with Gasteiger partial charge in [0.05, 0.1) is 28.3 Å². The highest BCUT2D eigenvalue weighted by Crippen LogP contribution is 2.36. The highest BCUT2D eigenvalue weighted by molar-refractivity contribution is 8.00. The van der Waals surface area contributed by atoms with Crippen LogP contribution in [0, 0.1) is 13.8 Å². The third-order valence-electron chi connectivity index (χ3n) is 4.21. The average molecular weight is 449 g/mol. The molecule has 0 bridgehead atoms. The van der Waals surface area contributed by atoms with E-state index in [0.29, 0.717) is 17.1 Å². The van der Waals surface area contributed by atoms with Gasteiger partial charge in [0.2, 0.25) is 0 Å². The number of aromatic nitrogens is 2. The summed E-state index contributed by atoms with van der Waals surface area (Å²) in [7, 11) is 0. The van der Waals surface area contributed by atoms with E-state index in [4.69, 9.17) is 4.74 Å². The van der Waals surface area contributed by atoms with E-state index in [1.54, 1.807) is 18.5 Å². The first-order valence-corrected chi connectivity index (χ1v) is 9.90. The standard InChI is InChI=1S/C21H18F3N3O3S/c1-13-19(14(2)27(26-13)16-6-4-3-5-7-16)25-18(28)12-30-20(29)15-8-10-17(11-9-15)31-21(22,23)24/h3-11H,12H2,1-2H3,(H,25,28). The molecule has 31 heavy (non-hydrogen) atoms. The third kappa shape index (κ3) is 5.88. The molecule has 1 amide bonds. The van der Waals surface area contributed by atoms with Gasteiger partial charge >= 0.3 is 11.5 Å². The first-order chi connectivity index (χ1) is 14.6. The lowest BCUT2D eigenvalue weighted by Crippen LogP contribution is -2.21. The molecule has 0 aliphatic carbocycles. The molecule has 10 heteroatoms. The van der Waals surface area contributed by atoms with Crippen LogP contribution in [0.2, 0.25) is 0 Å². The van der Waals surface area contributed by atoms with Crippen molar-refractivity contribution in [3.8, 4) is 5.69 Å². The number of thioether (sulfide) groups is 1. The smallest absolute Gasteiger partial charge is 0.446 e. The Balaban J connectivity index is 1.59. The number of carbonyl (C=O) groups is 2. The number of aryl methyl sites for hydroxylation is 1. The summed E-state index contributed by atoms with van der Waals surface area (Å²) < 4.78 is 43.8. The van der Waals surface area contributed by atoms with Crippen LogP contribution in [-0.2, 0) is 9.53 Å². The van der Waals surface area contributed by atoms with Crippen LogP contribution in [-0.4, -0.2) is 33.8 Å². The Kier molecular flexibility index (Phi) is 6.69. The predicted octanol–water partition coefficient (Wildman–Crippen LogP) is 4.90. The molecule has 1 heterocycles. The second kappa shape index (κ2) is 9.25. The van der Waals surface area contributed by atoms with Gasteiger partial charge in [0, 0.05) is 4.90 Å². The number of anilines is 1. The van der Waals surface area contributed by atoms with Gasteiger partial charge in [0.25, 0.3) is 5.91 Å². The van der Waals surface area contributed by atoms with Gasteiger partial charge in [0.1, 0.15) is 0 Å². The first kappa shape index (κ1) is 22.4. The van der Waals surface area contributed by atoms with Crippen molar-refractivity contribution in [2.75, 3.05) is 11.9 Å². The lowest BCUT2D eigenvalue weighted by atomic mass is 10.2. The third-order valence-corrected chi connectivity index (χ3v) is 4.95. The monoisotopic (exact) mass is 449 g/mol. The number of hydrogen-bond donors (Lipinski definition) is 1. The number of nitrogens with one attached hydrogen (secondary N) is 1. The molecule has 162 valence electrons. The topological polar surface area (TPSA) is 73.2 Å². The summed E-state index contributed by atoms with van der Waals surface area (Å²) in [5.41, 5.74) is -1.71. The largest absolute Gasteiger partial charge is 0.452 e. The molecule has 0 fully saturated rings. The van der Waals surface area contributed by atoms with Gasteiger partial charge in [-0.15, -0.1) is 0 Å². The number of hydrogen-bond acceptors (Lipinski definition) is 5. The van der Waals surface area contributed by atoms with Crippen molar-refractivity contribution < 1.29 is 27.5 Å². The fourth-order valence-electron chi connectivity index (χ4n) is 2.83. The second-order valence-corrected chi connectivity index (χ2v) is 7.63. The molecule has 0 spiro atoms. The number of nitrogens with zero attached hydrogens (tertiary/aromatic N) is 2. The van der Waals surface area contributed by atoms with Crippen molar-refractivity contribution in [2.24, 2.45) is 0 Å². The predicted molar refractivity (Wildman–Crippen MR) is 110 cm³/mol. The summed E-state index contributed by atoms with van der Waals surface area (Å²) in [6, 6.07) is 14.2. The quantitative estimate of drug-likeness (QED) is 0.428. The molecule has 6 nitrogen and oxygen atoms in total. The summed E-state index contributed by atoms with van der Waals surface area (Å²) >= 11 is -0.280. The van der Waals surface area contributed by atoms with Crippen LogP contribution in [0.25, 0.3) is 5.69 Å². The average Bonchev–Trinajstić information content (AvgIpc) is 3.00. The molecular weight excluding hydrogens is 431 g/mol. The van der Waals surface area contributed by atoms with E-state index in [1.165, 1.54) is 24.3 Å². The number of esters is 1. The molecule has 3 aromatic rings. The number of rotatable bonds is 6. The summed E-state index contributed by atoms with van der Waals surface area (Å²) in [6.07, 6.45) is 0. The fraction of sp³-hybridized carbons (Fsp3) is 0.190. The number of carbonyl (C=O) groups excluding carboxylic acids is 2. The normalized spacial score (nSPS) is 11.3. The van der Waals surface area contributed by atoms with Crippen LogP contribution in [0.4, 0.5) is 18.9 Å². The minimum atomic E-state index is -4.41. The van der Waals surface area contributed by atoms with E-state index in [9.17, 15) is 22.8 Å². The molecule has 0 atom stereocenters. The summed E-state index contributed by atoms with van der Waals surface area (Å²) in [6.45, 7) is 3.00. The van der Waals surface area contributed by atoms with Gasteiger partial charge in [-0.05, 0) is 62.0 Å². The second-order valence-electron chi connectivity index (χ2n) is 6.49. The molecule has 0 unspecified atom stereocenters. The number of halogens is 3. The molecule has 0 aliphatic rings. The van der Waals surface area contributed by atoms with Crippen LogP contribution < -0.4 is 5.32 Å². The Morgan fingerprint density at radius 2 is 1.71 bits per heavy atom. The van der Waals surface area contributed by atoms with Gasteiger partial charge in [-0.2, -0.15) is 18.3 Å². The fourth-order valence-corrected chi connectivity index (χ4v) is 3.37. The molecular formula is C21H18F3N3O3S. The Bertz CT molecular complexity index is 1080. The number of alkyl halides is 3. The molecule has 0 saturated heterocycles. The number of ether oxygens (including phenoxy) is 1. The molecule has 1 N–H and O–H groups in total. The van der Waals surface area contributed by atoms with Crippen molar-refractivity contribution in [2.45, 2.75) is 24.3 Å². The van der Waals surface area contributed by atoms with Gasteiger partial charge in [-0.25, -0.2) is 9.48 Å². The summed E-state index contributed by atoms with van der Waals surface area (Å²) in [5, 5.41) is 7.10. The van der Waals surface area contributed by atoms with E-state index >= 15 is 0 Å². The summed E-state index contributed by atoms with van der Waals surface area (Å²) in [4.78, 5) is 24.3. The first-order valence-electron chi connectivity index (χ1n) is 9.08. The summed E-state index contributed by atoms with van der Waals surface area (Å²) in [5.74, 6) is -1.37. The van der Waals surface area contributed by atoms with Crippen LogP contribution in [0.15, 0.2) is 59.5 Å². The zero-order valence-electron chi connectivity index (χ0n) is 16.6. The van der Waals surface area contributed by atoms with Crippen LogP contribution in [0.3, 0.4) is 0 Å². The van der Waals surface area contributed by atoms with E-state index < -0.39 is 24.0 Å². The molecule has 0 radical (unpaired) electrons. The molecule has 1 aromatic heterocycles. The molecule has 0 saturated carbocycles. The lowest BCUT2D eigenvalue weighted by Gasteiger charge is -2.09. The van der Waals surface area contributed by atoms with Gasteiger partial charge < -0.3 is 10.1 Å². The van der Waals surface area contributed by atoms with E-state index in [1.807, 2.05) is 30.3 Å². The number of benzene rings is 2. The number of para-hydroxylation sites is 1. The molecule has 2 aromatic carbocycles. The SMILES string of the molecule is Cc1nn(-c2ccccc2)c(C)c1NC(=O)COC(=O)c1ccc(SC(F)(F)F)cc1. The highest BCUT2D eigenvalue weighted by atomic mass is 32.2. The molecule has 3 rings (SSSR count). The van der Waals surface area contributed by atoms with Gasteiger partial charge in [0.15, 0.2) is 6.61 Å². The Labute approximate surface area is 180 Å². The van der Waals surface area contributed by atoms with Gasteiger partial charge in [-0.3, -0.25) is 4.79 Å². The van der Waals surface area contributed by atoms with E-state index in [0.717, 1.165) is 5.69 Å². The highest BCUT2D eigenvalue weighted by Gasteiger charge is 2.29. The van der Waals surface area contributed by atoms with Crippen molar-refractivity contribution >= 4 is 29.3 Å². The lowest BCUT2D eigenvalue weighted by molar-refractivity contribution is -0.119. The van der Waals surface area contributed by atoms with Crippen molar-refractivity contribution in [1.29, 1.82) is 0 Å². The maximum absolute atomic E-state index is 12.4. The van der Waals surface area contributed by atoms with Crippen molar-refractivity contribution in [1.82, 2.24) is 9.78 Å². The Morgan fingerprint density at radius 1 is 1.06 bits per heavy atom. The molecule has 0 aliphatic heterocycles. The Morgan fingerprint density at radius 3 is 2.32 bits per heavy atom.